The molecule has 2 amide bonds. The van der Waals surface area contributed by atoms with Crippen LogP contribution in [0.15, 0.2) is 55.0 Å². The predicted octanol–water partition coefficient (Wildman–Crippen LogP) is 3.84. The van der Waals surface area contributed by atoms with Gasteiger partial charge in [-0.3, -0.25) is 14.4 Å². The smallest absolute Gasteiger partial charge is 0.243 e. The molecule has 0 bridgehead atoms. The highest BCUT2D eigenvalue weighted by Crippen LogP contribution is 2.25. The summed E-state index contributed by atoms with van der Waals surface area (Å²) in [6.07, 6.45) is 5.29. The van der Waals surface area contributed by atoms with Gasteiger partial charge in [0.15, 0.2) is 11.5 Å². The fourth-order valence-corrected chi connectivity index (χ4v) is 5.05. The van der Waals surface area contributed by atoms with E-state index in [4.69, 9.17) is 11.6 Å². The average Bonchev–Trinajstić information content (AvgIpc) is 3.59. The van der Waals surface area contributed by atoms with Crippen LogP contribution in [0.4, 0.5) is 4.39 Å². The van der Waals surface area contributed by atoms with Crippen LogP contribution in [0.25, 0.3) is 10.9 Å². The van der Waals surface area contributed by atoms with E-state index in [2.05, 4.69) is 27.1 Å². The van der Waals surface area contributed by atoms with Gasteiger partial charge in [0, 0.05) is 46.9 Å². The Bertz CT molecular complexity index is 1720. The first kappa shape index (κ1) is 27.8. The van der Waals surface area contributed by atoms with Crippen molar-refractivity contribution in [2.24, 2.45) is 0 Å². The monoisotopic (exact) mass is 573 g/mol. The van der Waals surface area contributed by atoms with E-state index in [1.807, 2.05) is 0 Å². The fourth-order valence-electron chi connectivity index (χ4n) is 4.86. The van der Waals surface area contributed by atoms with E-state index in [0.29, 0.717) is 41.4 Å². The molecule has 0 saturated carbocycles. The van der Waals surface area contributed by atoms with Crippen LogP contribution in [0, 0.1) is 17.7 Å². The van der Waals surface area contributed by atoms with Gasteiger partial charge in [0.05, 0.1) is 17.4 Å². The van der Waals surface area contributed by atoms with Crippen molar-refractivity contribution in [2.45, 2.75) is 38.9 Å². The Morgan fingerprint density at radius 3 is 2.71 bits per heavy atom. The van der Waals surface area contributed by atoms with Gasteiger partial charge in [-0.1, -0.05) is 29.7 Å². The van der Waals surface area contributed by atoms with Crippen molar-refractivity contribution in [3.8, 4) is 17.6 Å². The van der Waals surface area contributed by atoms with Gasteiger partial charge in [0.2, 0.25) is 17.6 Å². The van der Waals surface area contributed by atoms with Crippen molar-refractivity contribution in [3.05, 3.63) is 88.3 Å². The number of ketones is 1. The highest BCUT2D eigenvalue weighted by Gasteiger charge is 2.34. The number of hydrogen-bond acceptors (Lipinski definition) is 6. The van der Waals surface area contributed by atoms with E-state index in [-0.39, 0.29) is 52.8 Å². The lowest BCUT2D eigenvalue weighted by atomic mass is 10.1. The molecule has 41 heavy (non-hydrogen) atoms. The van der Waals surface area contributed by atoms with Crippen molar-refractivity contribution in [3.63, 3.8) is 0 Å². The number of likely N-dealkylation sites (tertiary alicyclic amines) is 1. The zero-order valence-electron chi connectivity index (χ0n) is 22.0. The molecule has 0 spiro atoms. The van der Waals surface area contributed by atoms with Crippen LogP contribution >= 0.6 is 11.6 Å². The second-order valence-corrected chi connectivity index (χ2v) is 10.1. The summed E-state index contributed by atoms with van der Waals surface area (Å²) in [5.41, 5.74) is 1.99. The van der Waals surface area contributed by atoms with Gasteiger partial charge in [-0.05, 0) is 50.0 Å². The summed E-state index contributed by atoms with van der Waals surface area (Å²) >= 11 is 5.83. The molecule has 2 aromatic carbocycles. The maximum atomic E-state index is 14.2. The fraction of sp³-hybridized carbons (Fsp3) is 0.233. The lowest BCUT2D eigenvalue weighted by molar-refractivity contribution is -0.138. The molecule has 5 rings (SSSR count). The Labute approximate surface area is 240 Å². The first-order valence-corrected chi connectivity index (χ1v) is 13.3. The third-order valence-electron chi connectivity index (χ3n) is 6.88. The summed E-state index contributed by atoms with van der Waals surface area (Å²) in [5, 5.41) is 12.7. The van der Waals surface area contributed by atoms with Gasteiger partial charge in [-0.15, -0.1) is 0 Å². The molecule has 4 aromatic rings. The van der Waals surface area contributed by atoms with E-state index < -0.39 is 11.9 Å². The number of nitrogens with one attached hydrogen (secondary N) is 1. The number of Topliss-reactive ketones (excluding diaryl/α,β-unsaturated/α-hetero) is 1. The summed E-state index contributed by atoms with van der Waals surface area (Å²) in [7, 11) is 0. The highest BCUT2D eigenvalue weighted by atomic mass is 35.5. The van der Waals surface area contributed by atoms with Crippen LogP contribution in [0.1, 0.15) is 47.1 Å². The first-order valence-electron chi connectivity index (χ1n) is 12.9. The zero-order valence-corrected chi connectivity index (χ0v) is 22.8. The maximum Gasteiger partial charge on any atom is 0.243 e. The van der Waals surface area contributed by atoms with E-state index in [9.17, 15) is 23.9 Å². The molecule has 3 heterocycles. The van der Waals surface area contributed by atoms with Crippen molar-refractivity contribution in [1.29, 1.82) is 0 Å². The molecule has 11 heteroatoms. The lowest BCUT2D eigenvalue weighted by Gasteiger charge is -2.24. The molecule has 0 radical (unpaired) electrons. The summed E-state index contributed by atoms with van der Waals surface area (Å²) in [6.45, 7) is 1.76. The number of fused-ring (bicyclic) bond motifs is 1. The molecule has 0 unspecified atom stereocenters. The summed E-state index contributed by atoms with van der Waals surface area (Å²) in [5.74, 6) is 4.56. The Balaban J connectivity index is 1.33. The summed E-state index contributed by atoms with van der Waals surface area (Å²) in [4.78, 5) is 48.2. The normalized spacial score (nSPS) is 14.5. The van der Waals surface area contributed by atoms with Crippen molar-refractivity contribution >= 4 is 40.1 Å². The molecule has 2 aromatic heterocycles. The van der Waals surface area contributed by atoms with Gasteiger partial charge in [0.25, 0.3) is 0 Å². The minimum atomic E-state index is -0.678. The average molecular weight is 574 g/mol. The standard InChI is InChI=1S/C30H25ClFN5O4/c1-18(38)23-16-36(25-9-7-19(12-22(23)25)8-10-27-33-14-21(39)15-34-27)17-28(40)37-11-3-6-26(37)30(41)35-13-20-4-2-5-24(31)29(20)32/h2,4-5,7,9,12,14-16,26,39H,3,6,11,13,17H2,1H3,(H,35,41)/t26-/m0/s1. The van der Waals surface area contributed by atoms with Crippen LogP contribution in [0.3, 0.4) is 0 Å². The van der Waals surface area contributed by atoms with Gasteiger partial charge in [0.1, 0.15) is 18.4 Å². The van der Waals surface area contributed by atoms with Crippen LogP contribution in [-0.2, 0) is 22.7 Å². The topological polar surface area (TPSA) is 117 Å². The van der Waals surface area contributed by atoms with Crippen LogP contribution in [-0.4, -0.2) is 54.7 Å². The molecule has 1 aliphatic rings. The minimum absolute atomic E-state index is 0.0242. The zero-order chi connectivity index (χ0) is 29.1. The van der Waals surface area contributed by atoms with Gasteiger partial charge in [-0.25, -0.2) is 14.4 Å². The number of benzene rings is 2. The van der Waals surface area contributed by atoms with Crippen LogP contribution in [0.2, 0.25) is 5.02 Å². The number of rotatable bonds is 6. The van der Waals surface area contributed by atoms with Gasteiger partial charge >= 0.3 is 0 Å². The quantitative estimate of drug-likeness (QED) is 0.267. The summed E-state index contributed by atoms with van der Waals surface area (Å²) < 4.78 is 15.9. The highest BCUT2D eigenvalue weighted by molar-refractivity contribution is 6.30. The number of hydrogen-bond donors (Lipinski definition) is 2. The van der Waals surface area contributed by atoms with Crippen LogP contribution in [0.5, 0.6) is 5.75 Å². The molecule has 0 aliphatic carbocycles. The van der Waals surface area contributed by atoms with E-state index in [1.165, 1.54) is 30.3 Å². The summed E-state index contributed by atoms with van der Waals surface area (Å²) in [6, 6.07) is 9.22. The third kappa shape index (κ3) is 6.05. The molecule has 9 nitrogen and oxygen atoms in total. The molecular weight excluding hydrogens is 549 g/mol. The lowest BCUT2D eigenvalue weighted by Crippen LogP contribution is -2.46. The number of halogens is 2. The van der Waals surface area contributed by atoms with E-state index >= 15 is 0 Å². The first-order chi connectivity index (χ1) is 19.7. The molecular formula is C30H25ClFN5O4. The second kappa shape index (κ2) is 11.8. The molecule has 1 fully saturated rings. The van der Waals surface area contributed by atoms with E-state index in [1.54, 1.807) is 41.1 Å². The van der Waals surface area contributed by atoms with Gasteiger partial charge < -0.3 is 19.9 Å². The number of nitrogens with zero attached hydrogens (tertiary/aromatic N) is 4. The largest absolute Gasteiger partial charge is 0.505 e. The van der Waals surface area contributed by atoms with Gasteiger partial charge in [-0.2, -0.15) is 0 Å². The SMILES string of the molecule is CC(=O)c1cn(CC(=O)N2CCC[C@H]2C(=O)NCc2cccc(Cl)c2F)c2ccc(C#Cc3ncc(O)cn3)cc12. The Morgan fingerprint density at radius 1 is 1.17 bits per heavy atom. The molecule has 1 saturated heterocycles. The Morgan fingerprint density at radius 2 is 1.95 bits per heavy atom. The number of aromatic nitrogens is 3. The third-order valence-corrected chi connectivity index (χ3v) is 7.18. The molecule has 1 atom stereocenters. The number of carbonyl (C=O) groups excluding carboxylic acids is 3. The van der Waals surface area contributed by atoms with Crippen molar-refractivity contribution < 1.29 is 23.9 Å². The second-order valence-electron chi connectivity index (χ2n) is 9.65. The molecule has 1 aliphatic heterocycles. The number of carbonyl (C=O) groups is 3. The van der Waals surface area contributed by atoms with Crippen molar-refractivity contribution in [1.82, 2.24) is 24.8 Å². The Kier molecular flexibility index (Phi) is 7.99. The van der Waals surface area contributed by atoms with Crippen molar-refractivity contribution in [2.75, 3.05) is 6.54 Å². The van der Waals surface area contributed by atoms with Crippen LogP contribution < -0.4 is 5.32 Å². The molecule has 2 N–H and O–H groups in total. The van der Waals surface area contributed by atoms with E-state index in [0.717, 1.165) is 0 Å². The maximum absolute atomic E-state index is 14.2. The molecule has 208 valence electrons. The number of amides is 2. The predicted molar refractivity (Wildman–Crippen MR) is 150 cm³/mol. The minimum Gasteiger partial charge on any atom is -0.505 e. The Hall–Kier alpha value is -4.75. The number of aromatic hydroxyl groups is 1.